The maximum absolute atomic E-state index is 12.6. The van der Waals surface area contributed by atoms with Crippen molar-refractivity contribution in [3.05, 3.63) is 16.0 Å². The lowest BCUT2D eigenvalue weighted by Gasteiger charge is -2.31. The first-order chi connectivity index (χ1) is 12.9. The standard InChI is InChI=1S/C19H27N3O4S/c1-12-4-5-14-15(10-12)27-18(17(14)19(25)26-3)20-16(24)11-21-6-8-22(9-7-21)13(2)23/h12H,4-11H2,1-3H3,(H,20,24)/p+1/t12-/m0/s1. The lowest BCUT2D eigenvalue weighted by Crippen LogP contribution is -3.15. The van der Waals surface area contributed by atoms with Gasteiger partial charge in [-0.1, -0.05) is 6.92 Å². The normalized spacial score (nSPS) is 20.1. The summed E-state index contributed by atoms with van der Waals surface area (Å²) in [4.78, 5) is 40.5. The second kappa shape index (κ2) is 8.39. The number of carbonyl (C=O) groups excluding carboxylic acids is 3. The first-order valence-corrected chi connectivity index (χ1v) is 10.3. The molecule has 1 aromatic heterocycles. The third-order valence-corrected chi connectivity index (χ3v) is 6.65. The molecule has 3 rings (SSSR count). The molecule has 1 aromatic rings. The number of hydrogen-bond donors (Lipinski definition) is 2. The summed E-state index contributed by atoms with van der Waals surface area (Å²) in [7, 11) is 1.38. The first-order valence-electron chi connectivity index (χ1n) is 9.50. The minimum absolute atomic E-state index is 0.0830. The van der Waals surface area contributed by atoms with Crippen molar-refractivity contribution >= 4 is 34.1 Å². The number of amides is 2. The van der Waals surface area contributed by atoms with Gasteiger partial charge in [0.05, 0.1) is 38.9 Å². The van der Waals surface area contributed by atoms with Crippen LogP contribution in [-0.2, 0) is 27.2 Å². The zero-order valence-electron chi connectivity index (χ0n) is 16.2. The number of rotatable bonds is 4. The highest BCUT2D eigenvalue weighted by Gasteiger charge is 2.30. The minimum atomic E-state index is -0.375. The first kappa shape index (κ1) is 19.8. The summed E-state index contributed by atoms with van der Waals surface area (Å²) in [6.45, 7) is 7.00. The number of nitrogens with zero attached hydrogens (tertiary/aromatic N) is 1. The molecule has 1 saturated heterocycles. The topological polar surface area (TPSA) is 80.2 Å². The number of piperazine rings is 1. The van der Waals surface area contributed by atoms with Crippen LogP contribution in [0.1, 0.15) is 41.1 Å². The predicted octanol–water partition coefficient (Wildman–Crippen LogP) is 0.345. The van der Waals surface area contributed by atoms with Crippen LogP contribution in [0, 0.1) is 5.92 Å². The predicted molar refractivity (Wildman–Crippen MR) is 103 cm³/mol. The van der Waals surface area contributed by atoms with Crippen LogP contribution >= 0.6 is 11.3 Å². The molecule has 0 saturated carbocycles. The fourth-order valence-corrected chi connectivity index (χ4v) is 5.28. The number of methoxy groups -OCH3 is 1. The highest BCUT2D eigenvalue weighted by atomic mass is 32.1. The quantitative estimate of drug-likeness (QED) is 0.722. The largest absolute Gasteiger partial charge is 0.465 e. The van der Waals surface area contributed by atoms with E-state index < -0.39 is 0 Å². The monoisotopic (exact) mass is 394 g/mol. The van der Waals surface area contributed by atoms with Crippen molar-refractivity contribution in [3.63, 3.8) is 0 Å². The van der Waals surface area contributed by atoms with Crippen LogP contribution < -0.4 is 10.2 Å². The summed E-state index contributed by atoms with van der Waals surface area (Å²) in [5.41, 5.74) is 1.58. The van der Waals surface area contributed by atoms with Gasteiger partial charge in [-0.25, -0.2) is 4.79 Å². The van der Waals surface area contributed by atoms with Gasteiger partial charge in [0.2, 0.25) is 5.91 Å². The van der Waals surface area contributed by atoms with Crippen molar-refractivity contribution in [3.8, 4) is 0 Å². The van der Waals surface area contributed by atoms with E-state index in [0.29, 0.717) is 36.1 Å². The number of hydrogen-bond acceptors (Lipinski definition) is 5. The van der Waals surface area contributed by atoms with Crippen molar-refractivity contribution < 1.29 is 24.0 Å². The maximum Gasteiger partial charge on any atom is 0.341 e. The van der Waals surface area contributed by atoms with E-state index in [9.17, 15) is 14.4 Å². The Balaban J connectivity index is 1.67. The second-order valence-electron chi connectivity index (χ2n) is 7.53. The number of fused-ring (bicyclic) bond motifs is 1. The Bertz CT molecular complexity index is 738. The average molecular weight is 395 g/mol. The van der Waals surface area contributed by atoms with Crippen LogP contribution in [0.25, 0.3) is 0 Å². The maximum atomic E-state index is 12.6. The van der Waals surface area contributed by atoms with Gasteiger partial charge in [-0.05, 0) is 30.7 Å². The van der Waals surface area contributed by atoms with Crippen LogP contribution in [0.15, 0.2) is 0 Å². The van der Waals surface area contributed by atoms with E-state index in [-0.39, 0.29) is 17.8 Å². The Kier molecular flexibility index (Phi) is 6.16. The number of anilines is 1. The summed E-state index contributed by atoms with van der Waals surface area (Å²) in [6.07, 6.45) is 2.84. The number of nitrogens with one attached hydrogen (secondary N) is 2. The number of esters is 1. The van der Waals surface area contributed by atoms with Gasteiger partial charge < -0.3 is 19.9 Å². The summed E-state index contributed by atoms with van der Waals surface area (Å²) in [5.74, 6) is 0.199. The van der Waals surface area contributed by atoms with Crippen molar-refractivity contribution in [1.29, 1.82) is 0 Å². The van der Waals surface area contributed by atoms with Gasteiger partial charge in [0, 0.05) is 11.8 Å². The Labute approximate surface area is 163 Å². The van der Waals surface area contributed by atoms with Crippen LogP contribution in [0.5, 0.6) is 0 Å². The molecule has 0 bridgehead atoms. The molecule has 2 aliphatic rings. The molecule has 148 valence electrons. The molecule has 1 fully saturated rings. The van der Waals surface area contributed by atoms with Crippen molar-refractivity contribution in [1.82, 2.24) is 4.90 Å². The fraction of sp³-hybridized carbons (Fsp3) is 0.632. The van der Waals surface area contributed by atoms with Crippen LogP contribution in [0.2, 0.25) is 0 Å². The molecular formula is C19H28N3O4S+. The summed E-state index contributed by atoms with van der Waals surface area (Å²) in [5, 5.41) is 3.57. The zero-order valence-corrected chi connectivity index (χ0v) is 17.0. The molecule has 2 amide bonds. The molecule has 0 radical (unpaired) electrons. The highest BCUT2D eigenvalue weighted by molar-refractivity contribution is 7.17. The van der Waals surface area contributed by atoms with Gasteiger partial charge in [0.1, 0.15) is 5.00 Å². The summed E-state index contributed by atoms with van der Waals surface area (Å²) in [6, 6.07) is 0. The van der Waals surface area contributed by atoms with E-state index in [4.69, 9.17) is 4.74 Å². The number of thiophene rings is 1. The van der Waals surface area contributed by atoms with E-state index >= 15 is 0 Å². The van der Waals surface area contributed by atoms with Gasteiger partial charge in [-0.15, -0.1) is 11.3 Å². The Morgan fingerprint density at radius 3 is 2.63 bits per heavy atom. The molecule has 1 aliphatic carbocycles. The van der Waals surface area contributed by atoms with Crippen LogP contribution in [-0.4, -0.2) is 62.5 Å². The van der Waals surface area contributed by atoms with E-state index in [0.717, 1.165) is 42.8 Å². The van der Waals surface area contributed by atoms with E-state index in [2.05, 4.69) is 12.2 Å². The zero-order chi connectivity index (χ0) is 19.6. The van der Waals surface area contributed by atoms with Crippen molar-refractivity contribution in [2.45, 2.75) is 33.1 Å². The van der Waals surface area contributed by atoms with Crippen molar-refractivity contribution in [2.75, 3.05) is 45.2 Å². The molecule has 0 unspecified atom stereocenters. The Hall–Kier alpha value is -1.93. The third kappa shape index (κ3) is 4.50. The van der Waals surface area contributed by atoms with E-state index in [1.54, 1.807) is 6.92 Å². The molecule has 2 N–H and O–H groups in total. The highest BCUT2D eigenvalue weighted by Crippen LogP contribution is 2.39. The fourth-order valence-electron chi connectivity index (χ4n) is 3.87. The lowest BCUT2D eigenvalue weighted by atomic mass is 9.88. The van der Waals surface area contributed by atoms with Crippen molar-refractivity contribution in [2.24, 2.45) is 5.92 Å². The minimum Gasteiger partial charge on any atom is -0.465 e. The smallest absolute Gasteiger partial charge is 0.341 e. The number of ether oxygens (including phenoxy) is 1. The Morgan fingerprint density at radius 2 is 2.00 bits per heavy atom. The molecule has 0 aromatic carbocycles. The van der Waals surface area contributed by atoms with Gasteiger partial charge in [0.15, 0.2) is 6.54 Å². The van der Waals surface area contributed by atoms with Gasteiger partial charge >= 0.3 is 5.97 Å². The third-order valence-electron chi connectivity index (χ3n) is 5.48. The van der Waals surface area contributed by atoms with Gasteiger partial charge in [-0.2, -0.15) is 0 Å². The molecule has 1 aliphatic heterocycles. The lowest BCUT2D eigenvalue weighted by molar-refractivity contribution is -0.895. The van der Waals surface area contributed by atoms with Crippen LogP contribution in [0.4, 0.5) is 5.00 Å². The van der Waals surface area contributed by atoms with Crippen LogP contribution in [0.3, 0.4) is 0 Å². The van der Waals surface area contributed by atoms with Gasteiger partial charge in [0.25, 0.3) is 5.91 Å². The van der Waals surface area contributed by atoms with Gasteiger partial charge in [-0.3, -0.25) is 9.59 Å². The molecule has 27 heavy (non-hydrogen) atoms. The number of carbonyl (C=O) groups is 3. The van der Waals surface area contributed by atoms with E-state index in [1.807, 2.05) is 4.90 Å². The van der Waals surface area contributed by atoms with E-state index in [1.165, 1.54) is 23.3 Å². The number of quaternary nitrogens is 1. The SMILES string of the molecule is COC(=O)c1c(NC(=O)C[NH+]2CCN(C(C)=O)CC2)sc2c1CC[C@H](C)C2. The molecule has 8 heteroatoms. The summed E-state index contributed by atoms with van der Waals surface area (Å²) < 4.78 is 4.97. The average Bonchev–Trinajstić information content (AvgIpc) is 2.98. The molecule has 1 atom stereocenters. The molecule has 2 heterocycles. The molecule has 0 spiro atoms. The molecule has 7 nitrogen and oxygen atoms in total. The molecular weight excluding hydrogens is 366 g/mol. The second-order valence-corrected chi connectivity index (χ2v) is 8.63. The Morgan fingerprint density at radius 1 is 1.30 bits per heavy atom. The summed E-state index contributed by atoms with van der Waals surface area (Å²) >= 11 is 1.51.